The second-order valence-electron chi connectivity index (χ2n) is 3.22. The van der Waals surface area contributed by atoms with E-state index in [9.17, 15) is 4.79 Å². The first kappa shape index (κ1) is 8.68. The molecule has 0 atom stereocenters. The van der Waals surface area contributed by atoms with Gasteiger partial charge in [0.1, 0.15) is 0 Å². The van der Waals surface area contributed by atoms with Gasteiger partial charge in [0.25, 0.3) is 5.91 Å². The van der Waals surface area contributed by atoms with Gasteiger partial charge in [-0.05, 0) is 0 Å². The van der Waals surface area contributed by atoms with Gasteiger partial charge in [0.15, 0.2) is 0 Å². The van der Waals surface area contributed by atoms with Crippen molar-refractivity contribution < 1.29 is 4.79 Å². The number of nitrogens with zero attached hydrogens (tertiary/aromatic N) is 3. The van der Waals surface area contributed by atoms with Crippen LogP contribution in [0.4, 0.5) is 0 Å². The smallest absolute Gasteiger partial charge is 0.257 e. The predicted octanol–water partition coefficient (Wildman–Crippen LogP) is 0.660. The van der Waals surface area contributed by atoms with E-state index < -0.39 is 0 Å². The monoisotopic (exact) mass is 190 g/mol. The molecule has 0 aromatic carbocycles. The maximum atomic E-state index is 11.7. The van der Waals surface area contributed by atoms with Crippen molar-refractivity contribution >= 4 is 16.8 Å². The largest absolute Gasteiger partial charge is 0.345 e. The van der Waals surface area contributed by atoms with Crippen LogP contribution in [0.3, 0.4) is 0 Å². The molecule has 0 spiro atoms. The fraction of sp³-hybridized carbons (Fsp3) is 0.222. The van der Waals surface area contributed by atoms with E-state index in [1.54, 1.807) is 32.7 Å². The second-order valence-corrected chi connectivity index (χ2v) is 3.22. The number of nitrogens with one attached hydrogen (secondary N) is 1. The molecule has 1 N–H and O–H groups in total. The van der Waals surface area contributed by atoms with Crippen LogP contribution in [0.2, 0.25) is 0 Å². The molecule has 0 radical (unpaired) electrons. The first-order valence-electron chi connectivity index (χ1n) is 4.19. The third-order valence-electron chi connectivity index (χ3n) is 1.99. The molecule has 2 heterocycles. The van der Waals surface area contributed by atoms with Gasteiger partial charge in [-0.1, -0.05) is 0 Å². The van der Waals surface area contributed by atoms with Gasteiger partial charge < -0.3 is 4.90 Å². The van der Waals surface area contributed by atoms with Crippen molar-refractivity contribution in [2.24, 2.45) is 0 Å². The Bertz CT molecular complexity index is 474. The van der Waals surface area contributed by atoms with Crippen molar-refractivity contribution in [2.75, 3.05) is 14.1 Å². The van der Waals surface area contributed by atoms with Crippen LogP contribution in [0.15, 0.2) is 18.6 Å². The van der Waals surface area contributed by atoms with Crippen molar-refractivity contribution in [3.63, 3.8) is 0 Å². The SMILES string of the molecule is CN(C)C(=O)c1cncc2cn[nH]c12. The molecular weight excluding hydrogens is 180 g/mol. The summed E-state index contributed by atoms with van der Waals surface area (Å²) in [6, 6.07) is 0. The summed E-state index contributed by atoms with van der Waals surface area (Å²) < 4.78 is 0. The van der Waals surface area contributed by atoms with Crippen molar-refractivity contribution in [3.8, 4) is 0 Å². The average Bonchev–Trinajstić information content (AvgIpc) is 2.63. The quantitative estimate of drug-likeness (QED) is 0.718. The lowest BCUT2D eigenvalue weighted by molar-refractivity contribution is 0.0829. The molecule has 72 valence electrons. The van der Waals surface area contributed by atoms with Gasteiger partial charge in [0.2, 0.25) is 0 Å². The lowest BCUT2D eigenvalue weighted by Gasteiger charge is -2.09. The van der Waals surface area contributed by atoms with Gasteiger partial charge in [-0.3, -0.25) is 14.9 Å². The molecule has 0 bridgehead atoms. The Morgan fingerprint density at radius 1 is 1.36 bits per heavy atom. The zero-order valence-electron chi connectivity index (χ0n) is 7.98. The molecule has 0 fully saturated rings. The number of fused-ring (bicyclic) bond motifs is 1. The number of hydrogen-bond donors (Lipinski definition) is 1. The molecular formula is C9H10N4O. The van der Waals surface area contributed by atoms with E-state index in [0.29, 0.717) is 5.56 Å². The molecule has 0 aliphatic carbocycles. The summed E-state index contributed by atoms with van der Waals surface area (Å²) in [4.78, 5) is 17.2. The van der Waals surface area contributed by atoms with E-state index in [2.05, 4.69) is 15.2 Å². The third kappa shape index (κ3) is 1.22. The fourth-order valence-corrected chi connectivity index (χ4v) is 1.27. The Morgan fingerprint density at radius 2 is 2.14 bits per heavy atom. The molecule has 0 aliphatic rings. The van der Waals surface area contributed by atoms with Gasteiger partial charge in [-0.2, -0.15) is 5.10 Å². The number of hydrogen-bond acceptors (Lipinski definition) is 3. The minimum absolute atomic E-state index is 0.0765. The fourth-order valence-electron chi connectivity index (χ4n) is 1.27. The summed E-state index contributed by atoms with van der Waals surface area (Å²) in [7, 11) is 3.41. The van der Waals surface area contributed by atoms with Crippen LogP contribution in [0.1, 0.15) is 10.4 Å². The minimum atomic E-state index is -0.0765. The number of H-pyrrole nitrogens is 1. The molecule has 0 saturated heterocycles. The first-order chi connectivity index (χ1) is 6.70. The number of carbonyl (C=O) groups is 1. The van der Waals surface area contributed by atoms with Gasteiger partial charge in [-0.15, -0.1) is 0 Å². The summed E-state index contributed by atoms with van der Waals surface area (Å²) in [5.74, 6) is -0.0765. The maximum absolute atomic E-state index is 11.7. The van der Waals surface area contributed by atoms with E-state index in [1.165, 1.54) is 4.90 Å². The predicted molar refractivity (Wildman–Crippen MR) is 51.9 cm³/mol. The molecule has 5 nitrogen and oxygen atoms in total. The number of rotatable bonds is 1. The van der Waals surface area contributed by atoms with E-state index >= 15 is 0 Å². The topological polar surface area (TPSA) is 61.9 Å². The lowest BCUT2D eigenvalue weighted by atomic mass is 10.2. The molecule has 14 heavy (non-hydrogen) atoms. The number of carbonyl (C=O) groups excluding carboxylic acids is 1. The van der Waals surface area contributed by atoms with Gasteiger partial charge in [-0.25, -0.2) is 0 Å². The highest BCUT2D eigenvalue weighted by atomic mass is 16.2. The highest BCUT2D eigenvalue weighted by Crippen LogP contribution is 2.14. The van der Waals surface area contributed by atoms with Gasteiger partial charge in [0.05, 0.1) is 17.3 Å². The summed E-state index contributed by atoms with van der Waals surface area (Å²) in [5, 5.41) is 7.50. The summed E-state index contributed by atoms with van der Waals surface area (Å²) in [6.07, 6.45) is 4.86. The van der Waals surface area contributed by atoms with Crippen LogP contribution in [0.5, 0.6) is 0 Å². The van der Waals surface area contributed by atoms with Crippen LogP contribution in [0.25, 0.3) is 10.9 Å². The van der Waals surface area contributed by atoms with Crippen molar-refractivity contribution in [1.82, 2.24) is 20.1 Å². The van der Waals surface area contributed by atoms with Crippen LogP contribution < -0.4 is 0 Å². The van der Waals surface area contributed by atoms with E-state index in [-0.39, 0.29) is 5.91 Å². The number of aromatic amines is 1. The zero-order chi connectivity index (χ0) is 10.1. The number of aromatic nitrogens is 3. The Morgan fingerprint density at radius 3 is 2.86 bits per heavy atom. The maximum Gasteiger partial charge on any atom is 0.257 e. The molecule has 0 aliphatic heterocycles. The molecule has 2 rings (SSSR count). The standard InChI is InChI=1S/C9H10N4O/c1-13(2)9(14)7-5-10-3-6-4-11-12-8(6)7/h3-5H,1-2H3,(H,11,12). The summed E-state index contributed by atoms with van der Waals surface area (Å²) in [5.41, 5.74) is 1.28. The second kappa shape index (κ2) is 3.10. The van der Waals surface area contributed by atoms with Crippen LogP contribution >= 0.6 is 0 Å². The van der Waals surface area contributed by atoms with E-state index in [4.69, 9.17) is 0 Å². The van der Waals surface area contributed by atoms with Crippen LogP contribution in [-0.4, -0.2) is 40.1 Å². The van der Waals surface area contributed by atoms with Crippen molar-refractivity contribution in [1.29, 1.82) is 0 Å². The highest BCUT2D eigenvalue weighted by molar-refractivity contribution is 6.04. The van der Waals surface area contributed by atoms with Crippen LogP contribution in [-0.2, 0) is 0 Å². The Labute approximate surface area is 80.7 Å². The Balaban J connectivity index is 2.62. The molecule has 2 aromatic rings. The molecule has 0 saturated carbocycles. The molecule has 0 unspecified atom stereocenters. The number of amides is 1. The van der Waals surface area contributed by atoms with Crippen molar-refractivity contribution in [2.45, 2.75) is 0 Å². The lowest BCUT2D eigenvalue weighted by Crippen LogP contribution is -2.22. The zero-order valence-corrected chi connectivity index (χ0v) is 7.98. The summed E-state index contributed by atoms with van der Waals surface area (Å²) in [6.45, 7) is 0. The number of pyridine rings is 1. The first-order valence-corrected chi connectivity index (χ1v) is 4.19. The van der Waals surface area contributed by atoms with E-state index in [0.717, 1.165) is 10.9 Å². The molecule has 5 heteroatoms. The molecule has 2 aromatic heterocycles. The third-order valence-corrected chi connectivity index (χ3v) is 1.99. The van der Waals surface area contributed by atoms with Gasteiger partial charge >= 0.3 is 0 Å². The Kier molecular flexibility index (Phi) is 1.92. The van der Waals surface area contributed by atoms with Gasteiger partial charge in [0, 0.05) is 31.9 Å². The van der Waals surface area contributed by atoms with E-state index in [1.807, 2.05) is 0 Å². The minimum Gasteiger partial charge on any atom is -0.345 e. The molecule has 1 amide bonds. The highest BCUT2D eigenvalue weighted by Gasteiger charge is 2.13. The normalized spacial score (nSPS) is 10.4. The average molecular weight is 190 g/mol. The van der Waals surface area contributed by atoms with Crippen molar-refractivity contribution in [3.05, 3.63) is 24.2 Å². The van der Waals surface area contributed by atoms with Crippen LogP contribution in [0, 0.1) is 0 Å². The summed E-state index contributed by atoms with van der Waals surface area (Å²) >= 11 is 0. The Hall–Kier alpha value is -1.91.